The summed E-state index contributed by atoms with van der Waals surface area (Å²) in [5, 5.41) is 3.48. The fourth-order valence-corrected chi connectivity index (χ4v) is 3.16. The summed E-state index contributed by atoms with van der Waals surface area (Å²) >= 11 is 3.39. The normalized spacial score (nSPS) is 18.8. The average Bonchev–Trinajstić information content (AvgIpc) is 2.40. The number of hydrogen-bond acceptors (Lipinski definition) is 1. The van der Waals surface area contributed by atoms with Crippen molar-refractivity contribution < 1.29 is 4.39 Å². The summed E-state index contributed by atoms with van der Waals surface area (Å²) in [6.45, 7) is 2.84. The van der Waals surface area contributed by atoms with Gasteiger partial charge < -0.3 is 5.32 Å². The van der Waals surface area contributed by atoms with E-state index in [1.807, 2.05) is 6.07 Å². The molecule has 0 bridgehead atoms. The SMILES string of the molecule is C[C@@H](NCc1cc(Br)ccc1F)C1CCCCC1. The Labute approximate surface area is 117 Å². The molecule has 1 atom stereocenters. The van der Waals surface area contributed by atoms with Crippen molar-refractivity contribution in [2.45, 2.75) is 51.6 Å². The van der Waals surface area contributed by atoms with Gasteiger partial charge in [-0.05, 0) is 43.9 Å². The first-order valence-corrected chi connectivity index (χ1v) is 7.63. The summed E-state index contributed by atoms with van der Waals surface area (Å²) in [7, 11) is 0. The molecule has 0 radical (unpaired) electrons. The van der Waals surface area contributed by atoms with E-state index in [0.717, 1.165) is 16.0 Å². The van der Waals surface area contributed by atoms with Crippen molar-refractivity contribution in [2.24, 2.45) is 5.92 Å². The van der Waals surface area contributed by atoms with Gasteiger partial charge in [-0.2, -0.15) is 0 Å². The third kappa shape index (κ3) is 3.79. The number of benzene rings is 1. The monoisotopic (exact) mass is 313 g/mol. The van der Waals surface area contributed by atoms with Crippen molar-refractivity contribution in [3.05, 3.63) is 34.1 Å². The number of hydrogen-bond donors (Lipinski definition) is 1. The van der Waals surface area contributed by atoms with Gasteiger partial charge in [-0.25, -0.2) is 4.39 Å². The Morgan fingerprint density at radius 2 is 2.06 bits per heavy atom. The molecule has 1 N–H and O–H groups in total. The Hall–Kier alpha value is -0.410. The Morgan fingerprint density at radius 1 is 1.33 bits per heavy atom. The maximum atomic E-state index is 13.6. The highest BCUT2D eigenvalue weighted by Crippen LogP contribution is 2.26. The van der Waals surface area contributed by atoms with E-state index in [4.69, 9.17) is 0 Å². The average molecular weight is 314 g/mol. The molecule has 1 aromatic rings. The van der Waals surface area contributed by atoms with E-state index in [1.54, 1.807) is 6.07 Å². The van der Waals surface area contributed by atoms with Gasteiger partial charge >= 0.3 is 0 Å². The van der Waals surface area contributed by atoms with Crippen molar-refractivity contribution in [3.8, 4) is 0 Å². The van der Waals surface area contributed by atoms with Gasteiger partial charge in [0.1, 0.15) is 5.82 Å². The molecule has 1 aliphatic rings. The highest BCUT2D eigenvalue weighted by Gasteiger charge is 2.19. The summed E-state index contributed by atoms with van der Waals surface area (Å²) in [5.41, 5.74) is 0.743. The van der Waals surface area contributed by atoms with Crippen LogP contribution < -0.4 is 5.32 Å². The summed E-state index contributed by atoms with van der Waals surface area (Å²) in [6.07, 6.45) is 6.71. The van der Waals surface area contributed by atoms with Crippen LogP contribution in [0.1, 0.15) is 44.6 Å². The van der Waals surface area contributed by atoms with Crippen molar-refractivity contribution >= 4 is 15.9 Å². The van der Waals surface area contributed by atoms with E-state index < -0.39 is 0 Å². The Morgan fingerprint density at radius 3 is 2.78 bits per heavy atom. The molecular formula is C15H21BrFN. The lowest BCUT2D eigenvalue weighted by atomic mass is 9.84. The van der Waals surface area contributed by atoms with Crippen LogP contribution in [-0.4, -0.2) is 6.04 Å². The van der Waals surface area contributed by atoms with Crippen LogP contribution >= 0.6 is 15.9 Å². The van der Waals surface area contributed by atoms with Crippen LogP contribution in [0.5, 0.6) is 0 Å². The molecule has 1 saturated carbocycles. The Bertz CT molecular complexity index is 388. The summed E-state index contributed by atoms with van der Waals surface area (Å²) in [4.78, 5) is 0. The molecule has 0 aromatic heterocycles. The van der Waals surface area contributed by atoms with Crippen molar-refractivity contribution in [2.75, 3.05) is 0 Å². The number of rotatable bonds is 4. The van der Waals surface area contributed by atoms with E-state index >= 15 is 0 Å². The molecule has 1 fully saturated rings. The van der Waals surface area contributed by atoms with Gasteiger partial charge in [-0.1, -0.05) is 35.2 Å². The lowest BCUT2D eigenvalue weighted by Gasteiger charge is -2.28. The van der Waals surface area contributed by atoms with Gasteiger partial charge in [0.25, 0.3) is 0 Å². The van der Waals surface area contributed by atoms with Gasteiger partial charge in [0.15, 0.2) is 0 Å². The second kappa shape index (κ2) is 6.67. The fourth-order valence-electron chi connectivity index (χ4n) is 2.75. The summed E-state index contributed by atoms with van der Waals surface area (Å²) in [6, 6.07) is 5.59. The smallest absolute Gasteiger partial charge is 0.127 e. The molecule has 0 heterocycles. The second-order valence-electron chi connectivity index (χ2n) is 5.30. The first kappa shape index (κ1) is 14.0. The van der Waals surface area contributed by atoms with Crippen molar-refractivity contribution in [3.63, 3.8) is 0 Å². The molecule has 2 rings (SSSR count). The van der Waals surface area contributed by atoms with Crippen LogP contribution in [0, 0.1) is 11.7 Å². The molecule has 1 nitrogen and oxygen atoms in total. The lowest BCUT2D eigenvalue weighted by molar-refractivity contribution is 0.280. The highest BCUT2D eigenvalue weighted by molar-refractivity contribution is 9.10. The Balaban J connectivity index is 1.88. The molecule has 0 unspecified atom stereocenters. The van der Waals surface area contributed by atoms with Gasteiger partial charge in [0.05, 0.1) is 0 Å². The molecule has 18 heavy (non-hydrogen) atoms. The zero-order valence-corrected chi connectivity index (χ0v) is 12.5. The fraction of sp³-hybridized carbons (Fsp3) is 0.600. The standard InChI is InChI=1S/C15H21BrFN/c1-11(12-5-3-2-4-6-12)18-10-13-9-14(16)7-8-15(13)17/h7-9,11-12,18H,2-6,10H2,1H3/t11-/m1/s1. The Kier molecular flexibility index (Phi) is 5.19. The maximum absolute atomic E-state index is 13.6. The van der Waals surface area contributed by atoms with E-state index in [0.29, 0.717) is 12.6 Å². The second-order valence-corrected chi connectivity index (χ2v) is 6.22. The van der Waals surface area contributed by atoms with Gasteiger partial charge in [-0.15, -0.1) is 0 Å². The molecule has 100 valence electrons. The number of halogens is 2. The zero-order chi connectivity index (χ0) is 13.0. The molecule has 0 spiro atoms. The molecule has 3 heteroatoms. The van der Waals surface area contributed by atoms with Crippen molar-refractivity contribution in [1.82, 2.24) is 5.32 Å². The van der Waals surface area contributed by atoms with Crippen LogP contribution in [0.4, 0.5) is 4.39 Å². The minimum atomic E-state index is -0.124. The van der Waals surface area contributed by atoms with Crippen LogP contribution in [0.3, 0.4) is 0 Å². The topological polar surface area (TPSA) is 12.0 Å². The zero-order valence-electron chi connectivity index (χ0n) is 10.9. The van der Waals surface area contributed by atoms with Crippen LogP contribution in [0.2, 0.25) is 0 Å². The lowest BCUT2D eigenvalue weighted by Crippen LogP contribution is -2.34. The van der Waals surface area contributed by atoms with E-state index in [2.05, 4.69) is 28.2 Å². The third-order valence-corrected chi connectivity index (χ3v) is 4.47. The largest absolute Gasteiger partial charge is 0.310 e. The molecule has 0 amide bonds. The van der Waals surface area contributed by atoms with Crippen molar-refractivity contribution in [1.29, 1.82) is 0 Å². The molecule has 1 aromatic carbocycles. The molecule has 1 aliphatic carbocycles. The van der Waals surface area contributed by atoms with Gasteiger partial charge in [0, 0.05) is 22.6 Å². The minimum Gasteiger partial charge on any atom is -0.310 e. The van der Waals surface area contributed by atoms with Crippen LogP contribution in [-0.2, 0) is 6.54 Å². The molecule has 0 saturated heterocycles. The van der Waals surface area contributed by atoms with Gasteiger partial charge in [-0.3, -0.25) is 0 Å². The van der Waals surface area contributed by atoms with E-state index in [-0.39, 0.29) is 5.82 Å². The van der Waals surface area contributed by atoms with E-state index in [1.165, 1.54) is 38.2 Å². The van der Waals surface area contributed by atoms with Crippen LogP contribution in [0.15, 0.2) is 22.7 Å². The molecular weight excluding hydrogens is 293 g/mol. The summed E-state index contributed by atoms with van der Waals surface area (Å²) < 4.78 is 14.5. The van der Waals surface area contributed by atoms with Gasteiger partial charge in [0.2, 0.25) is 0 Å². The first-order valence-electron chi connectivity index (χ1n) is 6.84. The van der Waals surface area contributed by atoms with E-state index in [9.17, 15) is 4.39 Å². The third-order valence-electron chi connectivity index (χ3n) is 3.98. The summed E-state index contributed by atoms with van der Waals surface area (Å²) in [5.74, 6) is 0.635. The molecule has 0 aliphatic heterocycles. The predicted molar refractivity (Wildman–Crippen MR) is 77.0 cm³/mol. The first-order chi connectivity index (χ1) is 8.66. The maximum Gasteiger partial charge on any atom is 0.127 e. The predicted octanol–water partition coefficient (Wildman–Crippen LogP) is 4.65. The van der Waals surface area contributed by atoms with Crippen LogP contribution in [0.25, 0.3) is 0 Å². The quantitative estimate of drug-likeness (QED) is 0.853. The minimum absolute atomic E-state index is 0.124. The highest BCUT2D eigenvalue weighted by atomic mass is 79.9. The number of nitrogens with one attached hydrogen (secondary N) is 1.